The lowest BCUT2D eigenvalue weighted by Crippen LogP contribution is -2.24. The molecule has 0 saturated heterocycles. The standard InChI is InChI=1S/C31H23FN8.C30H25FN8O.C30H27FN8.C22H13FN8/c32-26-9-5-4-8-23(26)25-17-35-18-27-28(25)38-31(37-27)29-24-11-22(16-36-30(24)40-39-29)21-10-20(14-34-15-21)13-33-12-19-6-2-1-3-7-19;31-24-9-5-4-8-21(24)23-15-33-16-25-26(23)37-29(36-25)27-22-11-19(13-34-28(22)39-38-27)18-10-20(14-32-12-18)35-30(40)17-6-2-1-3-7-17;31-25-8-4-3-7-22(25)24-16-34-17-26-27(24)37-30(36-26)28-23-10-21(15-35-29(23)39-38-28)20-9-19(13-33-14-20)12-32-11-18-5-1-2-6-18;23-17-4-2-1-3-14(17)16-9-24-10-18-19(16)29-22(28-18)20-15-5-12(8-27-21(15)31-30-20)13-6-25-11-26-7-13/h1-11,14-18,33H,12-13H2,(H,37,38)(H,36,39,40);4-5,8-17H,1-3,6-7H2,(H,35,40)(H,36,37)(H,34,38,39);3-4,7-10,13-18,32H,1-2,5-6,11-12H2,(H,36,37)(H,35,38,39);1-11H,(H,28,29)(H,27,30,31). The largest absolute Gasteiger partial charge is 0.335 e. The summed E-state index contributed by atoms with van der Waals surface area (Å²) in [6.45, 7) is 3.32. The molecule has 150 heavy (non-hydrogen) atoms. The van der Waals surface area contributed by atoms with Crippen molar-refractivity contribution < 1.29 is 22.4 Å². The van der Waals surface area contributed by atoms with Crippen LogP contribution < -0.4 is 16.0 Å². The van der Waals surface area contributed by atoms with Gasteiger partial charge in [-0.25, -0.2) is 67.4 Å². The lowest BCUT2D eigenvalue weighted by molar-refractivity contribution is -0.120. The van der Waals surface area contributed by atoms with E-state index in [9.17, 15) is 22.4 Å². The van der Waals surface area contributed by atoms with E-state index >= 15 is 0 Å². The molecule has 2 aliphatic carbocycles. The zero-order valence-corrected chi connectivity index (χ0v) is 79.9. The lowest BCUT2D eigenvalue weighted by atomic mass is 9.88. The van der Waals surface area contributed by atoms with Gasteiger partial charge in [0, 0.05) is 208 Å². The molecule has 0 atom stereocenters. The molecule has 2 fully saturated rings. The van der Waals surface area contributed by atoms with Gasteiger partial charge in [-0.3, -0.25) is 60.1 Å². The predicted octanol–water partition coefficient (Wildman–Crippen LogP) is 22.5. The van der Waals surface area contributed by atoms with Gasteiger partial charge in [0.1, 0.15) is 74.4 Å². The molecule has 20 aromatic heterocycles. The zero-order valence-electron chi connectivity index (χ0n) is 79.9. The van der Waals surface area contributed by atoms with Gasteiger partial charge in [-0.1, -0.05) is 135 Å². The molecule has 37 heteroatoms. The van der Waals surface area contributed by atoms with Crippen LogP contribution in [0.4, 0.5) is 23.2 Å². The summed E-state index contributed by atoms with van der Waals surface area (Å²) in [5, 5.41) is 42.9. The lowest BCUT2D eigenvalue weighted by Gasteiger charge is -2.20. The molecule has 5 aromatic carbocycles. The van der Waals surface area contributed by atoms with Crippen molar-refractivity contribution in [1.29, 1.82) is 0 Å². The van der Waals surface area contributed by atoms with Crippen molar-refractivity contribution in [2.75, 3.05) is 11.9 Å². The van der Waals surface area contributed by atoms with Crippen molar-refractivity contribution in [2.24, 2.45) is 11.8 Å². The van der Waals surface area contributed by atoms with E-state index in [2.05, 4.69) is 172 Å². The Bertz CT molecular complexity index is 9290. The second-order valence-electron chi connectivity index (χ2n) is 36.8. The Hall–Kier alpha value is -19.3. The number of nitrogens with zero attached hydrogens (tertiary/aromatic N) is 21. The molecule has 20 heterocycles. The number of imidazole rings is 4. The molecule has 734 valence electrons. The van der Waals surface area contributed by atoms with E-state index in [4.69, 9.17) is 19.9 Å². The number of nitrogens with one attached hydrogen (secondary N) is 11. The molecular formula is C113H88F4N32O. The van der Waals surface area contributed by atoms with Gasteiger partial charge in [0.05, 0.1) is 80.3 Å². The fourth-order valence-corrected chi connectivity index (χ4v) is 19.5. The van der Waals surface area contributed by atoms with Gasteiger partial charge >= 0.3 is 0 Å². The molecular weight excluding hydrogens is 1900 g/mol. The van der Waals surface area contributed by atoms with Crippen LogP contribution in [0.1, 0.15) is 74.5 Å². The molecule has 0 aliphatic heterocycles. The maximum absolute atomic E-state index is 14.6. The molecule has 1 amide bonds. The third-order valence-corrected chi connectivity index (χ3v) is 27.0. The van der Waals surface area contributed by atoms with Gasteiger partial charge in [0.15, 0.2) is 45.9 Å². The Balaban J connectivity index is 0.000000107. The van der Waals surface area contributed by atoms with Crippen LogP contribution >= 0.6 is 0 Å². The third-order valence-electron chi connectivity index (χ3n) is 27.0. The molecule has 33 nitrogen and oxygen atoms in total. The zero-order chi connectivity index (χ0) is 101. The van der Waals surface area contributed by atoms with Gasteiger partial charge in [-0.05, 0) is 122 Å². The number of pyridine rings is 11. The van der Waals surface area contributed by atoms with Crippen LogP contribution in [-0.4, -0.2) is 158 Å². The fraction of sp³-hybridized carbons (Fsp3) is 0.133. The van der Waals surface area contributed by atoms with Gasteiger partial charge in [-0.15, -0.1) is 0 Å². The topological polar surface area (TPSA) is 450 Å². The first-order chi connectivity index (χ1) is 73.9. The first kappa shape index (κ1) is 93.1. The second kappa shape index (κ2) is 41.4. The minimum atomic E-state index is -0.340. The molecule has 25 aromatic rings. The van der Waals surface area contributed by atoms with E-state index < -0.39 is 0 Å². The van der Waals surface area contributed by atoms with E-state index in [0.29, 0.717) is 170 Å². The van der Waals surface area contributed by atoms with Crippen molar-refractivity contribution in [1.82, 2.24) is 156 Å². The van der Waals surface area contributed by atoms with Crippen LogP contribution in [0.15, 0.2) is 300 Å². The van der Waals surface area contributed by atoms with E-state index in [1.54, 1.807) is 166 Å². The highest BCUT2D eigenvalue weighted by molar-refractivity contribution is 6.03. The Labute approximate surface area is 849 Å². The monoisotopic (exact) mass is 1980 g/mol. The van der Waals surface area contributed by atoms with E-state index in [1.807, 2.05) is 73.4 Å². The summed E-state index contributed by atoms with van der Waals surface area (Å²) in [5.74, 6) is 1.85. The quantitative estimate of drug-likeness (QED) is 0.0281. The average Bonchev–Trinajstić information content (AvgIpc) is 1.62. The van der Waals surface area contributed by atoms with E-state index in [-0.39, 0.29) is 35.1 Å². The molecule has 0 unspecified atom stereocenters. The Morgan fingerprint density at radius 1 is 0.293 bits per heavy atom. The number of anilines is 1. The first-order valence-corrected chi connectivity index (χ1v) is 49.0. The smallest absolute Gasteiger partial charge is 0.227 e. The number of hydrogen-bond donors (Lipinski definition) is 11. The number of fused-ring (bicyclic) bond motifs is 8. The van der Waals surface area contributed by atoms with Crippen molar-refractivity contribution >= 4 is 99.9 Å². The van der Waals surface area contributed by atoms with Crippen molar-refractivity contribution in [2.45, 2.75) is 77.4 Å². The summed E-state index contributed by atoms with van der Waals surface area (Å²) in [7, 11) is 0. The number of hydrogen-bond acceptors (Lipinski definition) is 24. The second-order valence-corrected chi connectivity index (χ2v) is 36.8. The van der Waals surface area contributed by atoms with Gasteiger partial charge < -0.3 is 35.9 Å². The van der Waals surface area contributed by atoms with Gasteiger partial charge in [0.2, 0.25) is 5.91 Å². The highest BCUT2D eigenvalue weighted by atomic mass is 19.1. The number of rotatable bonds is 22. The number of aromatic nitrogens is 29. The molecule has 11 N–H and O–H groups in total. The van der Waals surface area contributed by atoms with Crippen LogP contribution in [-0.2, 0) is 24.4 Å². The van der Waals surface area contributed by atoms with Gasteiger partial charge in [-0.2, -0.15) is 20.4 Å². The summed E-state index contributed by atoms with van der Waals surface area (Å²) in [4.78, 5) is 102. The summed E-state index contributed by atoms with van der Waals surface area (Å²) in [6.07, 6.45) is 46.7. The molecule has 0 spiro atoms. The van der Waals surface area contributed by atoms with Crippen LogP contribution in [0.5, 0.6) is 0 Å². The number of H-pyrrole nitrogens is 8. The summed E-state index contributed by atoms with van der Waals surface area (Å²) in [6, 6.07) is 50.9. The number of benzene rings is 5. The van der Waals surface area contributed by atoms with Crippen LogP contribution in [0.3, 0.4) is 0 Å². The maximum atomic E-state index is 14.6. The SMILES string of the molecule is Fc1ccccc1-c1cncc2[nH]c(-c3[nH]nc4ncc(-c5cncc(CNCC6CCCC6)c5)cc34)nc12.Fc1ccccc1-c1cncc2[nH]c(-c3[nH]nc4ncc(-c5cncc(CNCc6ccccc6)c5)cc34)nc12.Fc1ccccc1-c1cncc2[nH]c(-c3[nH]nc4ncc(-c5cncnc5)cc34)nc12.O=C(Nc1cncc(-c2cnc3n[nH]c(-c4nc5c(-c6ccccc6F)cncc5[nH]4)c3c2)c1)C1CCCCC1. The number of aromatic amines is 8. The highest BCUT2D eigenvalue weighted by Crippen LogP contribution is 2.41. The van der Waals surface area contributed by atoms with E-state index in [1.165, 1.54) is 68.3 Å². The Morgan fingerprint density at radius 3 is 1.00 bits per heavy atom. The predicted molar refractivity (Wildman–Crippen MR) is 565 cm³/mol. The molecule has 27 rings (SSSR count). The number of carbonyl (C=O) groups excluding carboxylic acids is 1. The normalized spacial score (nSPS) is 12.8. The summed E-state index contributed by atoms with van der Waals surface area (Å²) >= 11 is 0. The average molecular weight is 1990 g/mol. The third kappa shape index (κ3) is 19.3. The van der Waals surface area contributed by atoms with Gasteiger partial charge in [0.25, 0.3) is 0 Å². The maximum Gasteiger partial charge on any atom is 0.227 e. The molecule has 0 radical (unpaired) electrons. The first-order valence-electron chi connectivity index (χ1n) is 49.0. The minimum absolute atomic E-state index is 0.0541. The summed E-state index contributed by atoms with van der Waals surface area (Å²) in [5.41, 5.74) is 25.7. The fourth-order valence-electron chi connectivity index (χ4n) is 19.5. The van der Waals surface area contributed by atoms with Crippen LogP contribution in [0.25, 0.3) is 223 Å². The van der Waals surface area contributed by atoms with Crippen molar-refractivity contribution in [3.8, 4) is 135 Å². The van der Waals surface area contributed by atoms with E-state index in [0.717, 1.165) is 128 Å². The van der Waals surface area contributed by atoms with Crippen LogP contribution in [0.2, 0.25) is 0 Å². The highest BCUT2D eigenvalue weighted by Gasteiger charge is 2.28. The number of amides is 1. The molecule has 2 saturated carbocycles. The van der Waals surface area contributed by atoms with Crippen LogP contribution in [0, 0.1) is 35.1 Å². The number of halogens is 4. The number of carbonyl (C=O) groups is 1. The summed E-state index contributed by atoms with van der Waals surface area (Å²) < 4.78 is 58.1. The molecule has 0 bridgehead atoms. The Kier molecular flexibility index (Phi) is 25.7. The van der Waals surface area contributed by atoms with Crippen molar-refractivity contribution in [3.63, 3.8) is 0 Å². The minimum Gasteiger partial charge on any atom is -0.335 e. The Morgan fingerprint density at radius 2 is 0.613 bits per heavy atom. The van der Waals surface area contributed by atoms with Crippen molar-refractivity contribution in [3.05, 3.63) is 340 Å². The molecule has 2 aliphatic rings.